The molecule has 2 aliphatic rings. The van der Waals surface area contributed by atoms with Crippen LogP contribution in [0.15, 0.2) is 0 Å². The van der Waals surface area contributed by atoms with Gasteiger partial charge in [-0.25, -0.2) is 4.39 Å². The number of fused-ring (bicyclic) bond motifs is 2. The quantitative estimate of drug-likeness (QED) is 0.616. The monoisotopic (exact) mass is 158 g/mol. The Morgan fingerprint density at radius 2 is 1.73 bits per heavy atom. The number of aliphatic hydroxyl groups is 1. The Bertz CT molecular complexity index is 134. The summed E-state index contributed by atoms with van der Waals surface area (Å²) in [5.41, 5.74) is 0. The van der Waals surface area contributed by atoms with Crippen molar-refractivity contribution in [2.45, 2.75) is 31.9 Å². The van der Waals surface area contributed by atoms with Gasteiger partial charge < -0.3 is 5.11 Å². The zero-order valence-corrected chi connectivity index (χ0v) is 6.67. The van der Waals surface area contributed by atoms with Crippen molar-refractivity contribution < 1.29 is 9.50 Å². The lowest BCUT2D eigenvalue weighted by Crippen LogP contribution is -2.28. The van der Waals surface area contributed by atoms with Gasteiger partial charge in [0, 0.05) is 6.61 Å². The van der Waals surface area contributed by atoms with Crippen molar-refractivity contribution in [3.8, 4) is 0 Å². The van der Waals surface area contributed by atoms with E-state index in [1.54, 1.807) is 0 Å². The molecular formula is C9H15FO. The summed E-state index contributed by atoms with van der Waals surface area (Å²) in [6.45, 7) is 0.264. The Morgan fingerprint density at radius 1 is 1.18 bits per heavy atom. The summed E-state index contributed by atoms with van der Waals surface area (Å²) < 4.78 is 13.3. The molecule has 4 atom stereocenters. The van der Waals surface area contributed by atoms with E-state index in [-0.39, 0.29) is 18.4 Å². The van der Waals surface area contributed by atoms with Crippen LogP contribution in [0.25, 0.3) is 0 Å². The average molecular weight is 158 g/mol. The number of halogens is 1. The van der Waals surface area contributed by atoms with Crippen molar-refractivity contribution in [2.75, 3.05) is 6.61 Å². The molecular weight excluding hydrogens is 143 g/mol. The highest BCUT2D eigenvalue weighted by Crippen LogP contribution is 2.46. The maximum Gasteiger partial charge on any atom is 0.106 e. The first-order chi connectivity index (χ1) is 5.31. The smallest absolute Gasteiger partial charge is 0.106 e. The minimum Gasteiger partial charge on any atom is -0.396 e. The molecule has 0 saturated heterocycles. The van der Waals surface area contributed by atoms with Gasteiger partial charge >= 0.3 is 0 Å². The van der Waals surface area contributed by atoms with Crippen molar-refractivity contribution in [3.05, 3.63) is 0 Å². The molecule has 11 heavy (non-hydrogen) atoms. The predicted octanol–water partition coefficient (Wildman–Crippen LogP) is 1.75. The lowest BCUT2D eigenvalue weighted by atomic mass is 9.80. The number of alkyl halides is 1. The van der Waals surface area contributed by atoms with E-state index in [1.807, 2.05) is 0 Å². The molecule has 0 heterocycles. The van der Waals surface area contributed by atoms with Crippen LogP contribution in [0.4, 0.5) is 4.39 Å². The molecule has 0 aromatic carbocycles. The zero-order chi connectivity index (χ0) is 7.84. The molecule has 0 aliphatic heterocycles. The fourth-order valence-electron chi connectivity index (χ4n) is 2.73. The summed E-state index contributed by atoms with van der Waals surface area (Å²) in [4.78, 5) is 0. The summed E-state index contributed by atoms with van der Waals surface area (Å²) in [5, 5.41) is 8.92. The van der Waals surface area contributed by atoms with Gasteiger partial charge in [-0.15, -0.1) is 0 Å². The fourth-order valence-corrected chi connectivity index (χ4v) is 2.73. The molecule has 2 unspecified atom stereocenters. The highest BCUT2D eigenvalue weighted by atomic mass is 19.1. The second-order valence-electron chi connectivity index (χ2n) is 4.06. The molecule has 0 spiro atoms. The van der Waals surface area contributed by atoms with E-state index < -0.39 is 6.17 Å². The number of aliphatic hydroxyl groups excluding tert-OH is 1. The Hall–Kier alpha value is -0.110. The first-order valence-electron chi connectivity index (χ1n) is 4.56. The van der Waals surface area contributed by atoms with Gasteiger partial charge in [-0.3, -0.25) is 0 Å². The van der Waals surface area contributed by atoms with Crippen LogP contribution < -0.4 is 0 Å². The van der Waals surface area contributed by atoms with Crippen molar-refractivity contribution in [1.29, 1.82) is 0 Å². The Morgan fingerprint density at radius 3 is 2.18 bits per heavy atom. The van der Waals surface area contributed by atoms with Gasteiger partial charge in [0.2, 0.25) is 0 Å². The van der Waals surface area contributed by atoms with Crippen LogP contribution in [-0.2, 0) is 0 Å². The lowest BCUT2D eigenvalue weighted by molar-refractivity contribution is 0.0847. The predicted molar refractivity (Wildman–Crippen MR) is 40.9 cm³/mol. The van der Waals surface area contributed by atoms with Gasteiger partial charge in [-0.1, -0.05) is 0 Å². The molecule has 0 aromatic rings. The molecule has 64 valence electrons. The van der Waals surface area contributed by atoms with Gasteiger partial charge in [0.25, 0.3) is 0 Å². The molecule has 0 radical (unpaired) electrons. The van der Waals surface area contributed by atoms with Gasteiger partial charge in [0.05, 0.1) is 0 Å². The summed E-state index contributed by atoms with van der Waals surface area (Å²) in [5.74, 6) is 0.969. The maximum absolute atomic E-state index is 13.3. The standard InChI is InChI=1S/C9H15FO/c10-9-7-1-2-8(9)4-6(3-7)5-11/h6-9,11H,1-5H2/t6?,7-,8+,9?. The first-order valence-corrected chi connectivity index (χ1v) is 4.56. The van der Waals surface area contributed by atoms with Crippen LogP contribution in [0, 0.1) is 17.8 Å². The molecule has 0 amide bonds. The largest absolute Gasteiger partial charge is 0.396 e. The molecule has 2 heteroatoms. The molecule has 0 aromatic heterocycles. The highest BCUT2D eigenvalue weighted by Gasteiger charge is 2.42. The van der Waals surface area contributed by atoms with Gasteiger partial charge in [0.15, 0.2) is 0 Å². The third-order valence-corrected chi connectivity index (χ3v) is 3.34. The number of hydrogen-bond acceptors (Lipinski definition) is 1. The summed E-state index contributed by atoms with van der Waals surface area (Å²) in [6.07, 6.45) is 3.42. The molecule has 2 saturated carbocycles. The minimum atomic E-state index is -0.544. The second-order valence-corrected chi connectivity index (χ2v) is 4.06. The van der Waals surface area contributed by atoms with Crippen LogP contribution in [0.3, 0.4) is 0 Å². The maximum atomic E-state index is 13.3. The van der Waals surface area contributed by atoms with Crippen LogP contribution in [0.2, 0.25) is 0 Å². The van der Waals surface area contributed by atoms with Crippen LogP contribution in [0.1, 0.15) is 25.7 Å². The Kier molecular flexibility index (Phi) is 1.88. The molecule has 2 fully saturated rings. The van der Waals surface area contributed by atoms with Crippen molar-refractivity contribution in [1.82, 2.24) is 0 Å². The Balaban J connectivity index is 2.02. The molecule has 1 nitrogen and oxygen atoms in total. The summed E-state index contributed by atoms with van der Waals surface area (Å²) in [6, 6.07) is 0. The third kappa shape index (κ3) is 1.18. The van der Waals surface area contributed by atoms with E-state index in [0.717, 1.165) is 25.7 Å². The highest BCUT2D eigenvalue weighted by molar-refractivity contribution is 4.92. The van der Waals surface area contributed by atoms with E-state index >= 15 is 0 Å². The normalized spacial score (nSPS) is 49.6. The van der Waals surface area contributed by atoms with Gasteiger partial charge in [-0.2, -0.15) is 0 Å². The van der Waals surface area contributed by atoms with Gasteiger partial charge in [-0.05, 0) is 43.4 Å². The summed E-state index contributed by atoms with van der Waals surface area (Å²) >= 11 is 0. The lowest BCUT2D eigenvalue weighted by Gasteiger charge is -2.29. The van der Waals surface area contributed by atoms with E-state index in [9.17, 15) is 4.39 Å². The second kappa shape index (κ2) is 2.74. The van der Waals surface area contributed by atoms with Crippen molar-refractivity contribution in [2.24, 2.45) is 17.8 Å². The Labute approximate surface area is 66.6 Å². The van der Waals surface area contributed by atoms with Crippen LogP contribution in [0.5, 0.6) is 0 Å². The molecule has 2 aliphatic carbocycles. The molecule has 1 N–H and O–H groups in total. The van der Waals surface area contributed by atoms with Crippen molar-refractivity contribution in [3.63, 3.8) is 0 Å². The van der Waals surface area contributed by atoms with E-state index in [4.69, 9.17) is 5.11 Å². The van der Waals surface area contributed by atoms with Crippen LogP contribution in [-0.4, -0.2) is 17.9 Å². The fraction of sp³-hybridized carbons (Fsp3) is 1.00. The topological polar surface area (TPSA) is 20.2 Å². The van der Waals surface area contributed by atoms with Crippen molar-refractivity contribution >= 4 is 0 Å². The summed E-state index contributed by atoms with van der Waals surface area (Å²) in [7, 11) is 0. The third-order valence-electron chi connectivity index (χ3n) is 3.34. The van der Waals surface area contributed by atoms with Crippen LogP contribution >= 0.6 is 0 Å². The molecule has 2 bridgehead atoms. The number of hydrogen-bond donors (Lipinski definition) is 1. The van der Waals surface area contributed by atoms with E-state index in [1.165, 1.54) is 0 Å². The average Bonchev–Trinajstić information content (AvgIpc) is 2.26. The zero-order valence-electron chi connectivity index (χ0n) is 6.67. The van der Waals surface area contributed by atoms with E-state index in [2.05, 4.69) is 0 Å². The number of rotatable bonds is 1. The minimum absolute atomic E-state index is 0.264. The first kappa shape index (κ1) is 7.53. The van der Waals surface area contributed by atoms with E-state index in [0.29, 0.717) is 5.92 Å². The molecule has 2 rings (SSSR count). The van der Waals surface area contributed by atoms with Gasteiger partial charge in [0.1, 0.15) is 6.17 Å². The SMILES string of the molecule is OCC1C[C@H]2CC[C@@H](C1)C2F.